The summed E-state index contributed by atoms with van der Waals surface area (Å²) in [5, 5.41) is 6.45. The first-order valence-corrected chi connectivity index (χ1v) is 8.97. The number of carbonyl (C=O) groups excluding carboxylic acids is 1. The summed E-state index contributed by atoms with van der Waals surface area (Å²) in [5.41, 5.74) is -0.613. The van der Waals surface area contributed by atoms with Crippen molar-refractivity contribution in [2.75, 3.05) is 67.0 Å². The predicted molar refractivity (Wildman–Crippen MR) is 92.6 cm³/mol. The summed E-state index contributed by atoms with van der Waals surface area (Å²) in [6.07, 6.45) is 3.88. The lowest BCUT2D eigenvalue weighted by Crippen LogP contribution is -2.55. The molecule has 0 aromatic carbocycles. The number of amides is 1. The Morgan fingerprint density at radius 3 is 2.52 bits per heavy atom. The van der Waals surface area contributed by atoms with E-state index in [0.717, 1.165) is 58.7 Å². The topological polar surface area (TPSA) is 56.8 Å². The first-order chi connectivity index (χ1) is 11.1. The van der Waals surface area contributed by atoms with Crippen molar-refractivity contribution in [3.05, 3.63) is 0 Å². The highest BCUT2D eigenvalue weighted by Crippen LogP contribution is 2.23. The summed E-state index contributed by atoms with van der Waals surface area (Å²) in [6, 6.07) is 0. The number of carbonyl (C=O) groups is 1. The van der Waals surface area contributed by atoms with E-state index in [2.05, 4.69) is 34.5 Å². The lowest BCUT2D eigenvalue weighted by atomic mass is 9.90. The number of likely N-dealkylation sites (N-methyl/N-ethyl adjacent to an activating group) is 1. The summed E-state index contributed by atoms with van der Waals surface area (Å²) in [7, 11) is 5.90. The minimum absolute atomic E-state index is 0.0801. The van der Waals surface area contributed by atoms with Crippen molar-refractivity contribution in [1.82, 2.24) is 20.4 Å². The Labute approximate surface area is 140 Å². The number of ether oxygens (including phenoxy) is 1. The van der Waals surface area contributed by atoms with Gasteiger partial charge in [-0.2, -0.15) is 0 Å². The molecule has 2 rings (SSSR count). The Balaban J connectivity index is 1.69. The molecule has 134 valence electrons. The standard InChI is InChI=1S/C17H34N4O2/c1-20(2)12-13-21-10-4-15(5-11-21)14-19-16(22)17(23-3)6-8-18-9-7-17/h15,18H,4-14H2,1-3H3,(H,19,22). The van der Waals surface area contributed by atoms with Crippen LogP contribution >= 0.6 is 0 Å². The van der Waals surface area contributed by atoms with Crippen LogP contribution in [0.15, 0.2) is 0 Å². The predicted octanol–water partition coefficient (Wildman–Crippen LogP) is 0.145. The number of likely N-dealkylation sites (tertiary alicyclic amines) is 1. The van der Waals surface area contributed by atoms with Gasteiger partial charge in [-0.1, -0.05) is 0 Å². The molecule has 2 heterocycles. The van der Waals surface area contributed by atoms with E-state index in [1.807, 2.05) is 0 Å². The Bertz CT molecular complexity index is 362. The van der Waals surface area contributed by atoms with Crippen molar-refractivity contribution in [3.63, 3.8) is 0 Å². The largest absolute Gasteiger partial charge is 0.368 e. The van der Waals surface area contributed by atoms with Crippen molar-refractivity contribution in [3.8, 4) is 0 Å². The lowest BCUT2D eigenvalue weighted by Gasteiger charge is -2.36. The summed E-state index contributed by atoms with van der Waals surface area (Å²) >= 11 is 0. The molecule has 0 atom stereocenters. The number of hydrogen-bond donors (Lipinski definition) is 2. The van der Waals surface area contributed by atoms with Gasteiger partial charge < -0.3 is 25.2 Å². The van der Waals surface area contributed by atoms with Crippen LogP contribution in [0.2, 0.25) is 0 Å². The molecule has 6 heteroatoms. The molecule has 6 nitrogen and oxygen atoms in total. The number of hydrogen-bond acceptors (Lipinski definition) is 5. The van der Waals surface area contributed by atoms with Gasteiger partial charge in [0.1, 0.15) is 5.60 Å². The number of nitrogens with one attached hydrogen (secondary N) is 2. The van der Waals surface area contributed by atoms with Gasteiger partial charge in [-0.05, 0) is 71.9 Å². The molecule has 2 N–H and O–H groups in total. The van der Waals surface area contributed by atoms with E-state index < -0.39 is 5.60 Å². The normalized spacial score (nSPS) is 23.1. The molecule has 0 unspecified atom stereocenters. The van der Waals surface area contributed by atoms with Gasteiger partial charge in [-0.3, -0.25) is 4.79 Å². The molecule has 0 aromatic rings. The van der Waals surface area contributed by atoms with Gasteiger partial charge in [-0.15, -0.1) is 0 Å². The molecule has 23 heavy (non-hydrogen) atoms. The van der Waals surface area contributed by atoms with E-state index >= 15 is 0 Å². The minimum atomic E-state index is -0.613. The average Bonchev–Trinajstić information content (AvgIpc) is 2.59. The second kappa shape index (κ2) is 8.97. The summed E-state index contributed by atoms with van der Waals surface area (Å²) in [4.78, 5) is 17.3. The average molecular weight is 326 g/mol. The zero-order valence-electron chi connectivity index (χ0n) is 15.1. The molecular weight excluding hydrogens is 292 g/mol. The van der Waals surface area contributed by atoms with E-state index in [-0.39, 0.29) is 5.91 Å². The third kappa shape index (κ3) is 5.41. The Kier molecular flexibility index (Phi) is 7.27. The van der Waals surface area contributed by atoms with Crippen LogP contribution < -0.4 is 10.6 Å². The SMILES string of the molecule is COC1(C(=O)NCC2CCN(CCN(C)C)CC2)CCNCC1. The molecule has 0 bridgehead atoms. The molecule has 0 saturated carbocycles. The summed E-state index contributed by atoms with van der Waals surface area (Å²) in [6.45, 7) is 7.05. The fraction of sp³-hybridized carbons (Fsp3) is 0.941. The van der Waals surface area contributed by atoms with Gasteiger partial charge in [0, 0.05) is 26.7 Å². The van der Waals surface area contributed by atoms with Gasteiger partial charge in [-0.25, -0.2) is 0 Å². The van der Waals surface area contributed by atoms with E-state index in [4.69, 9.17) is 4.74 Å². The molecule has 0 spiro atoms. The van der Waals surface area contributed by atoms with E-state index in [1.54, 1.807) is 7.11 Å². The maximum absolute atomic E-state index is 12.6. The van der Waals surface area contributed by atoms with Crippen molar-refractivity contribution in [2.45, 2.75) is 31.3 Å². The zero-order chi connectivity index (χ0) is 16.7. The van der Waals surface area contributed by atoms with Crippen LogP contribution in [-0.4, -0.2) is 88.3 Å². The number of nitrogens with zero attached hydrogens (tertiary/aromatic N) is 2. The third-order valence-corrected chi connectivity index (χ3v) is 5.34. The minimum Gasteiger partial charge on any atom is -0.368 e. The van der Waals surface area contributed by atoms with Gasteiger partial charge >= 0.3 is 0 Å². The molecule has 2 fully saturated rings. The van der Waals surface area contributed by atoms with Crippen LogP contribution in [0.4, 0.5) is 0 Å². The van der Waals surface area contributed by atoms with E-state index in [1.165, 1.54) is 12.8 Å². The van der Waals surface area contributed by atoms with Crippen LogP contribution in [0.1, 0.15) is 25.7 Å². The molecule has 2 aliphatic rings. The van der Waals surface area contributed by atoms with Crippen molar-refractivity contribution in [1.29, 1.82) is 0 Å². The number of rotatable bonds is 7. The molecule has 0 radical (unpaired) electrons. The van der Waals surface area contributed by atoms with Crippen LogP contribution in [0.5, 0.6) is 0 Å². The smallest absolute Gasteiger partial charge is 0.252 e. The van der Waals surface area contributed by atoms with Crippen LogP contribution in [-0.2, 0) is 9.53 Å². The van der Waals surface area contributed by atoms with Gasteiger partial charge in [0.05, 0.1) is 0 Å². The second-order valence-corrected chi connectivity index (χ2v) is 7.25. The van der Waals surface area contributed by atoms with Gasteiger partial charge in [0.15, 0.2) is 0 Å². The molecule has 0 aliphatic carbocycles. The molecule has 2 aliphatic heterocycles. The van der Waals surface area contributed by atoms with Crippen molar-refractivity contribution >= 4 is 5.91 Å². The molecule has 2 saturated heterocycles. The second-order valence-electron chi connectivity index (χ2n) is 7.25. The molecule has 1 amide bonds. The van der Waals surface area contributed by atoms with Crippen molar-refractivity contribution in [2.24, 2.45) is 5.92 Å². The Morgan fingerprint density at radius 1 is 1.30 bits per heavy atom. The van der Waals surface area contributed by atoms with Crippen LogP contribution in [0.3, 0.4) is 0 Å². The van der Waals surface area contributed by atoms with Gasteiger partial charge in [0.2, 0.25) is 0 Å². The maximum Gasteiger partial charge on any atom is 0.252 e. The third-order valence-electron chi connectivity index (χ3n) is 5.34. The Hall–Kier alpha value is -0.690. The quantitative estimate of drug-likeness (QED) is 0.697. The maximum atomic E-state index is 12.6. The van der Waals surface area contributed by atoms with E-state index in [0.29, 0.717) is 5.92 Å². The first-order valence-electron chi connectivity index (χ1n) is 8.97. The monoisotopic (exact) mass is 326 g/mol. The lowest BCUT2D eigenvalue weighted by molar-refractivity contribution is -0.147. The Morgan fingerprint density at radius 2 is 1.96 bits per heavy atom. The fourth-order valence-corrected chi connectivity index (χ4v) is 3.51. The van der Waals surface area contributed by atoms with Crippen LogP contribution in [0.25, 0.3) is 0 Å². The number of methoxy groups -OCH3 is 1. The fourth-order valence-electron chi connectivity index (χ4n) is 3.51. The molecular formula is C17H34N4O2. The summed E-state index contributed by atoms with van der Waals surface area (Å²) < 4.78 is 5.59. The summed E-state index contributed by atoms with van der Waals surface area (Å²) in [5.74, 6) is 0.682. The van der Waals surface area contributed by atoms with E-state index in [9.17, 15) is 4.79 Å². The number of piperidine rings is 2. The van der Waals surface area contributed by atoms with Crippen molar-refractivity contribution < 1.29 is 9.53 Å². The van der Waals surface area contributed by atoms with Crippen LogP contribution in [0, 0.1) is 5.92 Å². The van der Waals surface area contributed by atoms with Gasteiger partial charge in [0.25, 0.3) is 5.91 Å². The zero-order valence-corrected chi connectivity index (χ0v) is 15.1. The molecule has 0 aromatic heterocycles. The highest BCUT2D eigenvalue weighted by atomic mass is 16.5. The first kappa shape index (κ1) is 18.6. The highest BCUT2D eigenvalue weighted by molar-refractivity contribution is 5.85. The highest BCUT2D eigenvalue weighted by Gasteiger charge is 2.39.